The molecule has 0 unspecified atom stereocenters. The Hall–Kier alpha value is -1.08. The second kappa shape index (κ2) is 7.97. The average Bonchev–Trinajstić information content (AvgIpc) is 2.40. The number of amides is 1. The van der Waals surface area contributed by atoms with Gasteiger partial charge in [0.05, 0.1) is 13.2 Å². The number of carbonyl (C=O) groups excluding carboxylic acids is 1. The van der Waals surface area contributed by atoms with Crippen LogP contribution in [0.2, 0.25) is 0 Å². The van der Waals surface area contributed by atoms with Crippen molar-refractivity contribution in [3.63, 3.8) is 0 Å². The van der Waals surface area contributed by atoms with Crippen LogP contribution in [0.25, 0.3) is 0 Å². The fourth-order valence-electron chi connectivity index (χ4n) is 2.02. The molecule has 0 aromatic heterocycles. The highest BCUT2D eigenvalue weighted by molar-refractivity contribution is 7.80. The normalized spacial score (nSPS) is 32.5. The highest BCUT2D eigenvalue weighted by Crippen LogP contribution is 2.25. The number of aliphatic hydroxyl groups excluding tert-OH is 2. The third kappa shape index (κ3) is 5.28. The highest BCUT2D eigenvalue weighted by atomic mass is 32.3. The van der Waals surface area contributed by atoms with Crippen LogP contribution < -0.4 is 5.32 Å². The maximum Gasteiger partial charge on any atom is 0.397 e. The van der Waals surface area contributed by atoms with Crippen molar-refractivity contribution in [2.75, 3.05) is 13.2 Å². The summed E-state index contributed by atoms with van der Waals surface area (Å²) in [6.45, 7) is 3.92. The Balaban J connectivity index is 3.09. The standard InChI is InChI=1S/C11H19NO9S/c1-3-4-19-11-8(12-6(2)14)10(21-22(16,17)18)9(15)7(5-13)20-11/h3,7-11,13,15H,1,4-5H2,2H3,(H,12,14)(H,16,17,18)/t7-,8-,9-,10-,11-/m1/s1. The van der Waals surface area contributed by atoms with Crippen LogP contribution in [0, 0.1) is 0 Å². The van der Waals surface area contributed by atoms with Gasteiger partial charge in [0.15, 0.2) is 6.29 Å². The Morgan fingerprint density at radius 3 is 2.59 bits per heavy atom. The number of hydrogen-bond donors (Lipinski definition) is 4. The first-order valence-corrected chi connectivity index (χ1v) is 7.65. The van der Waals surface area contributed by atoms with Crippen LogP contribution in [0.5, 0.6) is 0 Å². The van der Waals surface area contributed by atoms with Gasteiger partial charge in [-0.2, -0.15) is 8.42 Å². The van der Waals surface area contributed by atoms with Crippen molar-refractivity contribution in [1.82, 2.24) is 5.32 Å². The lowest BCUT2D eigenvalue weighted by molar-refractivity contribution is -0.263. The zero-order valence-corrected chi connectivity index (χ0v) is 12.6. The summed E-state index contributed by atoms with van der Waals surface area (Å²) in [6, 6.07) is -1.24. The average molecular weight is 341 g/mol. The molecule has 1 saturated heterocycles. The van der Waals surface area contributed by atoms with Crippen LogP contribution in [0.3, 0.4) is 0 Å². The SMILES string of the molecule is C=CCO[C@@H]1O[C@H](CO)[C@@H](O)[C@H](OS(=O)(=O)O)[C@H]1NC(C)=O. The van der Waals surface area contributed by atoms with E-state index in [4.69, 9.17) is 14.0 Å². The van der Waals surface area contributed by atoms with Gasteiger partial charge in [-0.05, 0) is 0 Å². The van der Waals surface area contributed by atoms with Gasteiger partial charge in [-0.3, -0.25) is 9.35 Å². The Morgan fingerprint density at radius 1 is 1.50 bits per heavy atom. The first-order valence-electron chi connectivity index (χ1n) is 6.29. The summed E-state index contributed by atoms with van der Waals surface area (Å²) in [5.74, 6) is -0.570. The third-order valence-corrected chi connectivity index (χ3v) is 3.30. The van der Waals surface area contributed by atoms with Crippen LogP contribution in [-0.4, -0.2) is 72.9 Å². The molecule has 0 aromatic rings. The van der Waals surface area contributed by atoms with Crippen molar-refractivity contribution in [2.24, 2.45) is 0 Å². The van der Waals surface area contributed by atoms with Crippen molar-refractivity contribution in [1.29, 1.82) is 0 Å². The van der Waals surface area contributed by atoms with Gasteiger partial charge in [-0.1, -0.05) is 6.08 Å². The first kappa shape index (κ1) is 19.0. The molecule has 0 saturated carbocycles. The largest absolute Gasteiger partial charge is 0.397 e. The molecule has 22 heavy (non-hydrogen) atoms. The monoisotopic (exact) mass is 341 g/mol. The molecule has 1 heterocycles. The third-order valence-electron chi connectivity index (χ3n) is 2.83. The maximum atomic E-state index is 11.3. The lowest BCUT2D eigenvalue weighted by atomic mass is 9.97. The van der Waals surface area contributed by atoms with Crippen LogP contribution in [0.15, 0.2) is 12.7 Å². The van der Waals surface area contributed by atoms with E-state index in [1.807, 2.05) is 0 Å². The highest BCUT2D eigenvalue weighted by Gasteiger charge is 2.48. The molecule has 1 fully saturated rings. The second-order valence-electron chi connectivity index (χ2n) is 4.55. The molecule has 10 nitrogen and oxygen atoms in total. The fraction of sp³-hybridized carbons (Fsp3) is 0.727. The molecule has 0 bridgehead atoms. The van der Waals surface area contributed by atoms with Gasteiger partial charge < -0.3 is 25.0 Å². The molecule has 0 aromatic carbocycles. The molecule has 1 aliphatic heterocycles. The van der Waals surface area contributed by atoms with E-state index in [9.17, 15) is 23.4 Å². The zero-order valence-electron chi connectivity index (χ0n) is 11.8. The van der Waals surface area contributed by atoms with E-state index in [2.05, 4.69) is 16.1 Å². The molecule has 5 atom stereocenters. The summed E-state index contributed by atoms with van der Waals surface area (Å²) >= 11 is 0. The number of carbonyl (C=O) groups is 1. The zero-order chi connectivity index (χ0) is 16.9. The van der Waals surface area contributed by atoms with Gasteiger partial charge >= 0.3 is 10.4 Å². The number of hydrogen-bond acceptors (Lipinski definition) is 8. The molecule has 0 aliphatic carbocycles. The summed E-state index contributed by atoms with van der Waals surface area (Å²) in [5.41, 5.74) is 0. The Morgan fingerprint density at radius 2 is 2.14 bits per heavy atom. The predicted molar refractivity (Wildman–Crippen MR) is 71.9 cm³/mol. The summed E-state index contributed by atoms with van der Waals surface area (Å²) in [6.07, 6.45) is -4.32. The molecule has 128 valence electrons. The number of ether oxygens (including phenoxy) is 2. The molecule has 0 radical (unpaired) electrons. The molecular formula is C11H19NO9S. The van der Waals surface area contributed by atoms with Gasteiger partial charge in [0.1, 0.15) is 24.4 Å². The molecule has 4 N–H and O–H groups in total. The Bertz CT molecular complexity index is 494. The van der Waals surface area contributed by atoms with Crippen LogP contribution >= 0.6 is 0 Å². The van der Waals surface area contributed by atoms with Crippen molar-refractivity contribution in [2.45, 2.75) is 37.6 Å². The smallest absolute Gasteiger partial charge is 0.394 e. The Labute approximate surface area is 127 Å². The summed E-state index contributed by atoms with van der Waals surface area (Å²) in [5, 5.41) is 21.5. The number of aliphatic hydroxyl groups is 2. The molecule has 1 aliphatic rings. The fourth-order valence-corrected chi connectivity index (χ4v) is 2.53. The summed E-state index contributed by atoms with van der Waals surface area (Å²) < 4.78 is 45.6. The van der Waals surface area contributed by atoms with E-state index in [0.717, 1.165) is 6.92 Å². The minimum absolute atomic E-state index is 0.00636. The van der Waals surface area contributed by atoms with Crippen molar-refractivity contribution in [3.05, 3.63) is 12.7 Å². The predicted octanol–water partition coefficient (Wildman–Crippen LogP) is -2.04. The van der Waals surface area contributed by atoms with Gasteiger partial charge in [0.25, 0.3) is 0 Å². The second-order valence-corrected chi connectivity index (χ2v) is 5.60. The van der Waals surface area contributed by atoms with Crippen molar-refractivity contribution < 1.29 is 41.6 Å². The van der Waals surface area contributed by atoms with Crippen LogP contribution in [0.4, 0.5) is 0 Å². The van der Waals surface area contributed by atoms with E-state index in [1.54, 1.807) is 0 Å². The molecule has 1 rings (SSSR count). The lowest BCUT2D eigenvalue weighted by Gasteiger charge is -2.43. The van der Waals surface area contributed by atoms with E-state index in [0.29, 0.717) is 0 Å². The Kier molecular flexibility index (Phi) is 6.87. The lowest BCUT2D eigenvalue weighted by Crippen LogP contribution is -2.65. The summed E-state index contributed by atoms with van der Waals surface area (Å²) in [4.78, 5) is 11.3. The van der Waals surface area contributed by atoms with Gasteiger partial charge in [0, 0.05) is 6.92 Å². The summed E-state index contributed by atoms with van der Waals surface area (Å²) in [7, 11) is -4.93. The quantitative estimate of drug-likeness (QED) is 0.303. The topological polar surface area (TPSA) is 152 Å². The minimum Gasteiger partial charge on any atom is -0.394 e. The van der Waals surface area contributed by atoms with E-state index in [-0.39, 0.29) is 6.61 Å². The van der Waals surface area contributed by atoms with Crippen LogP contribution in [0.1, 0.15) is 6.92 Å². The van der Waals surface area contributed by atoms with E-state index >= 15 is 0 Å². The molecule has 0 spiro atoms. The van der Waals surface area contributed by atoms with Gasteiger partial charge in [-0.15, -0.1) is 6.58 Å². The minimum atomic E-state index is -4.93. The first-order chi connectivity index (χ1) is 10.2. The maximum absolute atomic E-state index is 11.3. The van der Waals surface area contributed by atoms with Crippen LogP contribution in [-0.2, 0) is 28.9 Å². The van der Waals surface area contributed by atoms with E-state index in [1.165, 1.54) is 6.08 Å². The molecule has 11 heteroatoms. The van der Waals surface area contributed by atoms with Crippen molar-refractivity contribution in [3.8, 4) is 0 Å². The van der Waals surface area contributed by atoms with Crippen molar-refractivity contribution >= 4 is 16.3 Å². The van der Waals surface area contributed by atoms with Gasteiger partial charge in [0.2, 0.25) is 5.91 Å². The van der Waals surface area contributed by atoms with Gasteiger partial charge in [-0.25, -0.2) is 4.18 Å². The molecule has 1 amide bonds. The van der Waals surface area contributed by atoms with E-state index < -0.39 is 53.6 Å². The number of rotatable bonds is 7. The molecular weight excluding hydrogens is 322 g/mol. The number of nitrogens with one attached hydrogen (secondary N) is 1.